The number of aromatic nitrogens is 1. The number of anilines is 1. The molecular weight excluding hydrogens is 292 g/mol. The van der Waals surface area contributed by atoms with Crippen LogP contribution in [0.4, 0.5) is 5.82 Å². The molecule has 6 heteroatoms. The Hall–Kier alpha value is -0.620. The predicted molar refractivity (Wildman–Crippen MR) is 68.8 cm³/mol. The van der Waals surface area contributed by atoms with Crippen molar-refractivity contribution in [2.75, 3.05) is 10.5 Å². The maximum absolute atomic E-state index is 11.8. The summed E-state index contributed by atoms with van der Waals surface area (Å²) in [5.41, 5.74) is -0.280. The van der Waals surface area contributed by atoms with Crippen LogP contribution in [0.15, 0.2) is 22.8 Å². The van der Waals surface area contributed by atoms with Crippen molar-refractivity contribution in [3.05, 3.63) is 22.8 Å². The molecule has 1 N–H and O–H groups in total. The van der Waals surface area contributed by atoms with Crippen molar-refractivity contribution in [1.29, 1.82) is 0 Å². The van der Waals surface area contributed by atoms with Crippen LogP contribution in [0, 0.1) is 5.41 Å². The standard InChI is InChI=1S/C10H15BrN2O2S/c1-10(2,3)7-16(14,15)13-9-6-4-5-8(11)12-9/h4-6H,7H2,1-3H3,(H,12,13). The Balaban J connectivity index is 2.81. The van der Waals surface area contributed by atoms with Crippen molar-refractivity contribution in [3.63, 3.8) is 0 Å². The Bertz CT molecular complexity index is 466. The van der Waals surface area contributed by atoms with Crippen LogP contribution >= 0.6 is 15.9 Å². The molecule has 0 aliphatic carbocycles. The van der Waals surface area contributed by atoms with Crippen LogP contribution in [0.5, 0.6) is 0 Å². The highest BCUT2D eigenvalue weighted by Gasteiger charge is 2.21. The highest BCUT2D eigenvalue weighted by atomic mass is 79.9. The number of nitrogens with one attached hydrogen (secondary N) is 1. The lowest BCUT2D eigenvalue weighted by Crippen LogP contribution is -2.26. The molecule has 0 atom stereocenters. The summed E-state index contributed by atoms with van der Waals surface area (Å²) in [6, 6.07) is 5.08. The zero-order valence-electron chi connectivity index (χ0n) is 9.49. The molecule has 0 amide bonds. The number of sulfonamides is 1. The van der Waals surface area contributed by atoms with E-state index < -0.39 is 10.0 Å². The van der Waals surface area contributed by atoms with Crippen LogP contribution in [0.1, 0.15) is 20.8 Å². The molecule has 0 spiro atoms. The second kappa shape index (κ2) is 4.71. The van der Waals surface area contributed by atoms with Crippen molar-refractivity contribution >= 4 is 31.8 Å². The van der Waals surface area contributed by atoms with Gasteiger partial charge in [0.05, 0.1) is 5.75 Å². The van der Waals surface area contributed by atoms with Crippen LogP contribution in [-0.2, 0) is 10.0 Å². The normalized spacial score (nSPS) is 12.5. The van der Waals surface area contributed by atoms with Gasteiger partial charge in [-0.2, -0.15) is 0 Å². The number of pyridine rings is 1. The molecule has 0 unspecified atom stereocenters. The van der Waals surface area contributed by atoms with Crippen LogP contribution in [0.3, 0.4) is 0 Å². The van der Waals surface area contributed by atoms with E-state index in [0.29, 0.717) is 10.4 Å². The van der Waals surface area contributed by atoms with Crippen molar-refractivity contribution in [2.45, 2.75) is 20.8 Å². The molecule has 1 rings (SSSR count). The fourth-order valence-electron chi connectivity index (χ4n) is 1.23. The smallest absolute Gasteiger partial charge is 0.234 e. The van der Waals surface area contributed by atoms with Gasteiger partial charge in [-0.3, -0.25) is 4.72 Å². The van der Waals surface area contributed by atoms with Gasteiger partial charge in [0.25, 0.3) is 0 Å². The summed E-state index contributed by atoms with van der Waals surface area (Å²) in [6.07, 6.45) is 0. The van der Waals surface area contributed by atoms with Crippen LogP contribution in [0.25, 0.3) is 0 Å². The third-order valence-corrected chi connectivity index (χ3v) is 3.81. The van der Waals surface area contributed by atoms with Gasteiger partial charge in [0.2, 0.25) is 10.0 Å². The first-order chi connectivity index (χ1) is 7.18. The molecule has 90 valence electrons. The van der Waals surface area contributed by atoms with E-state index in [1.54, 1.807) is 18.2 Å². The zero-order chi connectivity index (χ0) is 12.4. The van der Waals surface area contributed by atoms with E-state index in [-0.39, 0.29) is 11.2 Å². The van der Waals surface area contributed by atoms with Gasteiger partial charge in [-0.1, -0.05) is 26.8 Å². The minimum Gasteiger partial charge on any atom is -0.267 e. The molecule has 0 aromatic carbocycles. The number of hydrogen-bond acceptors (Lipinski definition) is 3. The van der Waals surface area contributed by atoms with Gasteiger partial charge in [-0.25, -0.2) is 13.4 Å². The van der Waals surface area contributed by atoms with Gasteiger partial charge in [0.15, 0.2) is 0 Å². The Labute approximate surface area is 105 Å². The number of nitrogens with zero attached hydrogens (tertiary/aromatic N) is 1. The Kier molecular flexibility index (Phi) is 3.96. The highest BCUT2D eigenvalue weighted by molar-refractivity contribution is 9.10. The molecule has 0 saturated carbocycles. The molecule has 0 saturated heterocycles. The second-order valence-electron chi connectivity index (χ2n) is 4.77. The minimum absolute atomic E-state index is 0.0637. The lowest BCUT2D eigenvalue weighted by Gasteiger charge is -2.18. The lowest BCUT2D eigenvalue weighted by atomic mass is 10.0. The summed E-state index contributed by atoms with van der Waals surface area (Å²) in [4.78, 5) is 4.01. The summed E-state index contributed by atoms with van der Waals surface area (Å²) < 4.78 is 26.6. The predicted octanol–water partition coefficient (Wildman–Crippen LogP) is 2.63. The van der Waals surface area contributed by atoms with E-state index in [2.05, 4.69) is 25.6 Å². The van der Waals surface area contributed by atoms with Crippen molar-refractivity contribution < 1.29 is 8.42 Å². The van der Waals surface area contributed by atoms with Gasteiger partial charge >= 0.3 is 0 Å². The average Bonchev–Trinajstić information content (AvgIpc) is 1.96. The number of halogens is 1. The van der Waals surface area contributed by atoms with Crippen LogP contribution in [-0.4, -0.2) is 19.2 Å². The maximum atomic E-state index is 11.8. The first kappa shape index (κ1) is 13.4. The third kappa shape index (κ3) is 4.94. The van der Waals surface area contributed by atoms with Gasteiger partial charge < -0.3 is 0 Å². The van der Waals surface area contributed by atoms with Crippen molar-refractivity contribution in [2.24, 2.45) is 5.41 Å². The summed E-state index contributed by atoms with van der Waals surface area (Å²) in [5, 5.41) is 0. The Morgan fingerprint density at radius 1 is 1.38 bits per heavy atom. The van der Waals surface area contributed by atoms with Crippen LogP contribution in [0.2, 0.25) is 0 Å². The second-order valence-corrected chi connectivity index (χ2v) is 7.30. The van der Waals surface area contributed by atoms with E-state index in [1.807, 2.05) is 20.8 Å². The van der Waals surface area contributed by atoms with Crippen molar-refractivity contribution in [1.82, 2.24) is 4.98 Å². The summed E-state index contributed by atoms with van der Waals surface area (Å²) >= 11 is 3.19. The third-order valence-electron chi connectivity index (χ3n) is 1.60. The molecule has 0 fully saturated rings. The number of rotatable bonds is 3. The molecule has 1 aromatic heterocycles. The fraction of sp³-hybridized carbons (Fsp3) is 0.500. The Morgan fingerprint density at radius 3 is 2.50 bits per heavy atom. The molecule has 0 aliphatic heterocycles. The van der Waals surface area contributed by atoms with E-state index in [4.69, 9.17) is 0 Å². The first-order valence-corrected chi connectivity index (χ1v) is 7.26. The molecule has 1 aromatic rings. The largest absolute Gasteiger partial charge is 0.267 e. The first-order valence-electron chi connectivity index (χ1n) is 4.81. The summed E-state index contributed by atoms with van der Waals surface area (Å²) in [5.74, 6) is 0.396. The maximum Gasteiger partial charge on any atom is 0.234 e. The van der Waals surface area contributed by atoms with E-state index in [1.165, 1.54) is 0 Å². The molecule has 0 radical (unpaired) electrons. The lowest BCUT2D eigenvalue weighted by molar-refractivity contribution is 0.463. The minimum atomic E-state index is -3.34. The van der Waals surface area contributed by atoms with Gasteiger partial charge in [0, 0.05) is 0 Å². The topological polar surface area (TPSA) is 59.1 Å². The summed E-state index contributed by atoms with van der Waals surface area (Å²) in [6.45, 7) is 5.63. The zero-order valence-corrected chi connectivity index (χ0v) is 11.9. The molecule has 0 bridgehead atoms. The van der Waals surface area contributed by atoms with Gasteiger partial charge in [0.1, 0.15) is 10.4 Å². The highest BCUT2D eigenvalue weighted by Crippen LogP contribution is 2.18. The SMILES string of the molecule is CC(C)(C)CS(=O)(=O)Nc1cccc(Br)n1. The van der Waals surface area contributed by atoms with Gasteiger partial charge in [-0.15, -0.1) is 0 Å². The van der Waals surface area contributed by atoms with Crippen molar-refractivity contribution in [3.8, 4) is 0 Å². The van der Waals surface area contributed by atoms with Gasteiger partial charge in [-0.05, 0) is 33.5 Å². The molecule has 4 nitrogen and oxygen atoms in total. The van der Waals surface area contributed by atoms with E-state index in [0.717, 1.165) is 0 Å². The van der Waals surface area contributed by atoms with E-state index >= 15 is 0 Å². The average molecular weight is 307 g/mol. The molecule has 0 aliphatic rings. The molecular formula is C10H15BrN2O2S. The quantitative estimate of drug-likeness (QED) is 0.873. The summed E-state index contributed by atoms with van der Waals surface area (Å²) in [7, 11) is -3.34. The van der Waals surface area contributed by atoms with E-state index in [9.17, 15) is 8.42 Å². The molecule has 1 heterocycles. The number of hydrogen-bond donors (Lipinski definition) is 1. The monoisotopic (exact) mass is 306 g/mol. The van der Waals surface area contributed by atoms with Crippen LogP contribution < -0.4 is 4.72 Å². The molecule has 16 heavy (non-hydrogen) atoms. The fourth-order valence-corrected chi connectivity index (χ4v) is 3.22. The Morgan fingerprint density at radius 2 is 2.00 bits per heavy atom.